The first-order valence-electron chi connectivity index (χ1n) is 8.41. The first kappa shape index (κ1) is 17.5. The summed E-state index contributed by atoms with van der Waals surface area (Å²) in [7, 11) is 0. The second-order valence-electron chi connectivity index (χ2n) is 5.98. The number of carbonyl (C=O) groups excluding carboxylic acids is 1. The molecule has 2 heterocycles. The average Bonchev–Trinajstić information content (AvgIpc) is 3.19. The third kappa shape index (κ3) is 4.34. The van der Waals surface area contributed by atoms with Gasteiger partial charge in [-0.15, -0.1) is 0 Å². The van der Waals surface area contributed by atoms with Crippen LogP contribution in [0.25, 0.3) is 0 Å². The molecule has 1 aliphatic rings. The Balaban J connectivity index is 2.00. The van der Waals surface area contributed by atoms with Crippen LogP contribution in [0.5, 0.6) is 0 Å². The van der Waals surface area contributed by atoms with Crippen LogP contribution in [0.4, 0.5) is 0 Å². The van der Waals surface area contributed by atoms with E-state index in [1.807, 2.05) is 6.07 Å². The van der Waals surface area contributed by atoms with Gasteiger partial charge in [-0.2, -0.15) is 0 Å². The van der Waals surface area contributed by atoms with Gasteiger partial charge in [0.15, 0.2) is 5.76 Å². The number of carboxylic acid groups (broad SMARTS) is 1. The molecule has 1 aromatic rings. The molecule has 0 spiro atoms. The minimum Gasteiger partial charge on any atom is -0.480 e. The molecule has 1 aromatic heterocycles. The maximum absolute atomic E-state index is 12.5. The lowest BCUT2D eigenvalue weighted by molar-refractivity contribution is -0.141. The molecule has 0 saturated carbocycles. The van der Waals surface area contributed by atoms with Crippen molar-refractivity contribution < 1.29 is 19.1 Å². The van der Waals surface area contributed by atoms with Crippen LogP contribution in [-0.4, -0.2) is 52.5 Å². The van der Waals surface area contributed by atoms with E-state index >= 15 is 0 Å². The molecule has 1 N–H and O–H groups in total. The third-order valence-electron chi connectivity index (χ3n) is 4.33. The predicted octanol–water partition coefficient (Wildman–Crippen LogP) is 2.59. The zero-order valence-corrected chi connectivity index (χ0v) is 14.0. The number of nitrogens with zero attached hydrogens (tertiary/aromatic N) is 2. The molecule has 2 rings (SSSR count). The SMILES string of the molecule is CCCCN(CC)Cc1ccc(C(=O)N2CCCC2C(=O)O)o1. The molecular weight excluding hydrogens is 296 g/mol. The van der Waals surface area contributed by atoms with Gasteiger partial charge in [-0.05, 0) is 44.5 Å². The highest BCUT2D eigenvalue weighted by Crippen LogP contribution is 2.21. The average molecular weight is 322 g/mol. The lowest BCUT2D eigenvalue weighted by atomic mass is 10.2. The minimum absolute atomic E-state index is 0.236. The van der Waals surface area contributed by atoms with Crippen molar-refractivity contribution >= 4 is 11.9 Å². The molecule has 1 atom stereocenters. The number of amides is 1. The zero-order chi connectivity index (χ0) is 16.8. The van der Waals surface area contributed by atoms with E-state index in [1.165, 1.54) is 4.90 Å². The topological polar surface area (TPSA) is 74.0 Å². The van der Waals surface area contributed by atoms with E-state index in [2.05, 4.69) is 18.7 Å². The number of likely N-dealkylation sites (tertiary alicyclic amines) is 1. The Bertz CT molecular complexity index is 540. The monoisotopic (exact) mass is 322 g/mol. The van der Waals surface area contributed by atoms with Crippen LogP contribution in [0, 0.1) is 0 Å². The van der Waals surface area contributed by atoms with Crippen LogP contribution in [0.2, 0.25) is 0 Å². The third-order valence-corrected chi connectivity index (χ3v) is 4.33. The Morgan fingerprint density at radius 3 is 2.83 bits per heavy atom. The van der Waals surface area contributed by atoms with E-state index in [9.17, 15) is 14.7 Å². The van der Waals surface area contributed by atoms with Gasteiger partial charge in [0.1, 0.15) is 11.8 Å². The first-order chi connectivity index (χ1) is 11.1. The summed E-state index contributed by atoms with van der Waals surface area (Å²) < 4.78 is 5.67. The van der Waals surface area contributed by atoms with E-state index in [4.69, 9.17) is 4.42 Å². The van der Waals surface area contributed by atoms with E-state index in [0.717, 1.165) is 38.1 Å². The van der Waals surface area contributed by atoms with Crippen LogP contribution >= 0.6 is 0 Å². The maximum Gasteiger partial charge on any atom is 0.326 e. The Hall–Kier alpha value is -1.82. The van der Waals surface area contributed by atoms with Crippen LogP contribution < -0.4 is 0 Å². The number of unbranched alkanes of at least 4 members (excludes halogenated alkanes) is 1. The number of carbonyl (C=O) groups is 2. The largest absolute Gasteiger partial charge is 0.480 e. The Kier molecular flexibility index (Phi) is 6.21. The van der Waals surface area contributed by atoms with Crippen LogP contribution in [0.1, 0.15) is 55.8 Å². The molecule has 0 radical (unpaired) electrons. The van der Waals surface area contributed by atoms with Crippen LogP contribution in [0.15, 0.2) is 16.5 Å². The van der Waals surface area contributed by atoms with Gasteiger partial charge in [-0.3, -0.25) is 9.69 Å². The molecule has 1 saturated heterocycles. The summed E-state index contributed by atoms with van der Waals surface area (Å²) in [5.74, 6) is -0.283. The number of aliphatic carboxylic acids is 1. The second kappa shape index (κ2) is 8.15. The van der Waals surface area contributed by atoms with Gasteiger partial charge in [0.25, 0.3) is 5.91 Å². The normalized spacial score (nSPS) is 17.9. The highest BCUT2D eigenvalue weighted by atomic mass is 16.4. The van der Waals surface area contributed by atoms with Crippen molar-refractivity contribution in [3.63, 3.8) is 0 Å². The van der Waals surface area contributed by atoms with Gasteiger partial charge in [0.05, 0.1) is 6.54 Å². The summed E-state index contributed by atoms with van der Waals surface area (Å²) in [4.78, 5) is 27.3. The van der Waals surface area contributed by atoms with E-state index in [1.54, 1.807) is 6.07 Å². The number of carboxylic acids is 1. The second-order valence-corrected chi connectivity index (χ2v) is 5.98. The highest BCUT2D eigenvalue weighted by Gasteiger charge is 2.35. The quantitative estimate of drug-likeness (QED) is 0.796. The molecule has 0 bridgehead atoms. The summed E-state index contributed by atoms with van der Waals surface area (Å²) in [6.07, 6.45) is 3.50. The summed E-state index contributed by atoms with van der Waals surface area (Å²) in [5, 5.41) is 9.19. The van der Waals surface area contributed by atoms with Crippen molar-refractivity contribution in [3.05, 3.63) is 23.7 Å². The minimum atomic E-state index is -0.945. The standard InChI is InChI=1S/C17H26N2O4/c1-3-5-10-18(4-2)12-13-8-9-15(23-13)16(20)19-11-6-7-14(19)17(21)22/h8-9,14H,3-7,10-12H2,1-2H3,(H,21,22). The highest BCUT2D eigenvalue weighted by molar-refractivity contribution is 5.94. The predicted molar refractivity (Wildman–Crippen MR) is 86.3 cm³/mol. The van der Waals surface area contributed by atoms with Crippen LogP contribution in [-0.2, 0) is 11.3 Å². The zero-order valence-electron chi connectivity index (χ0n) is 14.0. The van der Waals surface area contributed by atoms with Gasteiger partial charge in [-0.1, -0.05) is 20.3 Å². The molecule has 1 aliphatic heterocycles. The van der Waals surface area contributed by atoms with Crippen molar-refractivity contribution in [2.45, 2.75) is 52.1 Å². The first-order valence-corrected chi connectivity index (χ1v) is 8.41. The number of hydrogen-bond acceptors (Lipinski definition) is 4. The van der Waals surface area contributed by atoms with Gasteiger partial charge in [-0.25, -0.2) is 4.79 Å². The summed E-state index contributed by atoms with van der Waals surface area (Å²) >= 11 is 0. The Morgan fingerprint density at radius 2 is 2.17 bits per heavy atom. The van der Waals surface area contributed by atoms with Gasteiger partial charge in [0, 0.05) is 6.54 Å². The fourth-order valence-corrected chi connectivity index (χ4v) is 2.94. The molecule has 6 nitrogen and oxygen atoms in total. The van der Waals surface area contributed by atoms with Gasteiger partial charge in [0.2, 0.25) is 0 Å². The van der Waals surface area contributed by atoms with Gasteiger partial charge >= 0.3 is 5.97 Å². The Labute approximate surface area is 137 Å². The number of furan rings is 1. The molecule has 0 aliphatic carbocycles. The van der Waals surface area contributed by atoms with Crippen molar-refractivity contribution in [3.8, 4) is 0 Å². The van der Waals surface area contributed by atoms with E-state index in [0.29, 0.717) is 19.5 Å². The summed E-state index contributed by atoms with van der Waals surface area (Å²) in [6, 6.07) is 2.74. The van der Waals surface area contributed by atoms with Crippen molar-refractivity contribution in [1.29, 1.82) is 0 Å². The summed E-state index contributed by atoms with van der Waals surface area (Å²) in [6.45, 7) is 7.34. The molecule has 6 heteroatoms. The Morgan fingerprint density at radius 1 is 1.39 bits per heavy atom. The molecule has 1 fully saturated rings. The fraction of sp³-hybridized carbons (Fsp3) is 0.647. The molecule has 0 aromatic carbocycles. The molecule has 1 amide bonds. The molecule has 1 unspecified atom stereocenters. The number of hydrogen-bond donors (Lipinski definition) is 1. The lowest BCUT2D eigenvalue weighted by Crippen LogP contribution is -2.40. The molecule has 23 heavy (non-hydrogen) atoms. The van der Waals surface area contributed by atoms with Gasteiger partial charge < -0.3 is 14.4 Å². The van der Waals surface area contributed by atoms with Crippen molar-refractivity contribution in [1.82, 2.24) is 9.80 Å². The molecular formula is C17H26N2O4. The van der Waals surface area contributed by atoms with Crippen molar-refractivity contribution in [2.75, 3.05) is 19.6 Å². The van der Waals surface area contributed by atoms with E-state index < -0.39 is 12.0 Å². The maximum atomic E-state index is 12.5. The molecule has 128 valence electrons. The van der Waals surface area contributed by atoms with E-state index in [-0.39, 0.29) is 11.7 Å². The van der Waals surface area contributed by atoms with Crippen molar-refractivity contribution in [2.24, 2.45) is 0 Å². The summed E-state index contributed by atoms with van der Waals surface area (Å²) in [5.41, 5.74) is 0. The number of rotatable bonds is 8. The van der Waals surface area contributed by atoms with Crippen LogP contribution in [0.3, 0.4) is 0 Å². The fourth-order valence-electron chi connectivity index (χ4n) is 2.94. The lowest BCUT2D eigenvalue weighted by Gasteiger charge is -2.20. The smallest absolute Gasteiger partial charge is 0.326 e.